The lowest BCUT2D eigenvalue weighted by molar-refractivity contribution is 0.101. The number of aliphatic hydroxyl groups excluding tert-OH is 1. The number of aryl methyl sites for hydroxylation is 1. The van der Waals surface area contributed by atoms with E-state index >= 15 is 0 Å². The molecule has 2 atom stereocenters. The molecule has 0 heterocycles. The molecular formula is C32H24Cl2O9. The molecule has 0 radical (unpaired) electrons. The molecule has 0 aliphatic heterocycles. The summed E-state index contributed by atoms with van der Waals surface area (Å²) < 4.78 is 11.2. The number of benzene rings is 4. The zero-order chi connectivity index (χ0) is 31.1. The van der Waals surface area contributed by atoms with Crippen LogP contribution < -0.4 is 9.47 Å². The number of fused-ring (bicyclic) bond motifs is 4. The Balaban J connectivity index is 1.86. The number of halogens is 2. The van der Waals surface area contributed by atoms with Gasteiger partial charge in [-0.3, -0.25) is 9.59 Å². The van der Waals surface area contributed by atoms with E-state index in [4.69, 9.17) is 32.7 Å². The lowest BCUT2D eigenvalue weighted by Crippen LogP contribution is -2.31. The zero-order valence-corrected chi connectivity index (χ0v) is 24.5. The van der Waals surface area contributed by atoms with Crippen LogP contribution in [0.3, 0.4) is 0 Å². The fourth-order valence-electron chi connectivity index (χ4n) is 6.48. The minimum atomic E-state index is -1.09. The Bertz CT molecular complexity index is 1910. The second-order valence-electron chi connectivity index (χ2n) is 10.5. The van der Waals surface area contributed by atoms with Gasteiger partial charge < -0.3 is 35.0 Å². The van der Waals surface area contributed by atoms with Gasteiger partial charge in [-0.1, -0.05) is 35.3 Å². The average Bonchev–Trinajstić information content (AvgIpc) is 2.97. The number of ketones is 2. The number of aliphatic hydroxyl groups is 1. The van der Waals surface area contributed by atoms with Gasteiger partial charge in [-0.05, 0) is 52.4 Å². The molecule has 0 spiro atoms. The van der Waals surface area contributed by atoms with Gasteiger partial charge in [0.15, 0.2) is 0 Å². The van der Waals surface area contributed by atoms with E-state index in [1.165, 1.54) is 20.3 Å². The number of hydrogen-bond donors (Lipinski definition) is 5. The number of aromatic hydroxyl groups is 4. The van der Waals surface area contributed by atoms with Crippen molar-refractivity contribution in [3.63, 3.8) is 0 Å². The van der Waals surface area contributed by atoms with E-state index in [1.807, 2.05) is 0 Å². The van der Waals surface area contributed by atoms with E-state index in [1.54, 1.807) is 25.1 Å². The number of hydrogen-bond acceptors (Lipinski definition) is 9. The molecule has 220 valence electrons. The van der Waals surface area contributed by atoms with Crippen LogP contribution in [0, 0.1) is 6.92 Å². The first-order valence-electron chi connectivity index (χ1n) is 13.0. The van der Waals surface area contributed by atoms with Gasteiger partial charge in [-0.25, -0.2) is 0 Å². The first-order valence-corrected chi connectivity index (χ1v) is 13.8. The molecule has 0 aromatic heterocycles. The summed E-state index contributed by atoms with van der Waals surface area (Å²) in [6.07, 6.45) is 0. The van der Waals surface area contributed by atoms with Crippen molar-refractivity contribution in [2.75, 3.05) is 14.2 Å². The molecule has 0 fully saturated rings. The maximum Gasteiger partial charge on any atom is 0.201 e. The predicted octanol–water partition coefficient (Wildman–Crippen LogP) is 5.69. The Hall–Kier alpha value is -4.44. The maximum absolute atomic E-state index is 14.0. The van der Waals surface area contributed by atoms with Crippen molar-refractivity contribution in [1.82, 2.24) is 0 Å². The molecule has 0 amide bonds. The number of carbonyl (C=O) groups excluding carboxylic acids is 2. The molecule has 11 heteroatoms. The SMILES string of the molecule is COc1cc(C)cc2c1C(=O)c1c(O)cc(O)c(Cl)c1[C@H]2[C@H]1c2cc(CO)cc(OC)c2C(=O)c2c(O)cc(O)c(Cl)c21. The Morgan fingerprint density at radius 2 is 1.09 bits per heavy atom. The Labute approximate surface area is 255 Å². The van der Waals surface area contributed by atoms with Gasteiger partial charge in [0.05, 0.1) is 53.1 Å². The number of carbonyl (C=O) groups is 2. The minimum absolute atomic E-state index is 0.0180. The maximum atomic E-state index is 14.0. The van der Waals surface area contributed by atoms with E-state index in [-0.39, 0.29) is 60.5 Å². The summed E-state index contributed by atoms with van der Waals surface area (Å²) in [5, 5.41) is 53.3. The summed E-state index contributed by atoms with van der Waals surface area (Å²) in [5.41, 5.74) is 1.50. The van der Waals surface area contributed by atoms with Crippen molar-refractivity contribution in [2.24, 2.45) is 0 Å². The van der Waals surface area contributed by atoms with E-state index in [9.17, 15) is 35.1 Å². The van der Waals surface area contributed by atoms with E-state index in [2.05, 4.69) is 0 Å². The third-order valence-electron chi connectivity index (χ3n) is 8.15. The summed E-state index contributed by atoms with van der Waals surface area (Å²) in [7, 11) is 2.75. The van der Waals surface area contributed by atoms with E-state index < -0.39 is 53.0 Å². The topological polar surface area (TPSA) is 154 Å². The van der Waals surface area contributed by atoms with Crippen LogP contribution in [-0.4, -0.2) is 51.3 Å². The standard InChI is InChI=1S/C32H24Cl2O9/c1-11-4-13-21(19(5-11)42-2)31(40)25-15(36)8-17(38)29(33)27(25)23(13)24-14-6-12(10-35)7-20(43-3)22(14)32(41)26-16(37)9-18(39)30(34)28(24)26/h4-9,23-24,35-39H,10H2,1-3H3/t23-,24-/m1/s1. The number of rotatable bonds is 4. The zero-order valence-electron chi connectivity index (χ0n) is 23.0. The normalized spacial score (nSPS) is 16.7. The van der Waals surface area contributed by atoms with Crippen molar-refractivity contribution in [1.29, 1.82) is 0 Å². The predicted molar refractivity (Wildman–Crippen MR) is 157 cm³/mol. The third-order valence-corrected chi connectivity index (χ3v) is 8.94. The van der Waals surface area contributed by atoms with Crippen molar-refractivity contribution in [3.05, 3.63) is 102 Å². The van der Waals surface area contributed by atoms with Gasteiger partial charge in [0.2, 0.25) is 11.6 Å². The van der Waals surface area contributed by atoms with Crippen LogP contribution in [0.5, 0.6) is 34.5 Å². The Morgan fingerprint density at radius 1 is 0.651 bits per heavy atom. The van der Waals surface area contributed by atoms with Crippen LogP contribution in [0.1, 0.15) is 77.1 Å². The molecule has 0 bridgehead atoms. The minimum Gasteiger partial charge on any atom is -0.507 e. The molecule has 2 aliphatic carbocycles. The summed E-state index contributed by atoms with van der Waals surface area (Å²) >= 11 is 13.5. The van der Waals surface area contributed by atoms with Gasteiger partial charge in [0, 0.05) is 24.0 Å². The lowest BCUT2D eigenvalue weighted by atomic mass is 9.63. The number of ether oxygens (including phenoxy) is 2. The molecule has 0 saturated carbocycles. The van der Waals surface area contributed by atoms with Crippen LogP contribution in [0.25, 0.3) is 0 Å². The molecule has 0 saturated heterocycles. The van der Waals surface area contributed by atoms with Gasteiger partial charge in [0.25, 0.3) is 0 Å². The van der Waals surface area contributed by atoms with Crippen LogP contribution in [0.4, 0.5) is 0 Å². The summed E-state index contributed by atoms with van der Waals surface area (Å²) in [5.74, 6) is -5.22. The lowest BCUT2D eigenvalue weighted by Gasteiger charge is -2.39. The second kappa shape index (κ2) is 10.1. The quantitative estimate of drug-likeness (QED) is 0.193. The summed E-state index contributed by atoms with van der Waals surface area (Å²) in [6, 6.07) is 8.36. The molecule has 6 rings (SSSR count). The van der Waals surface area contributed by atoms with Crippen LogP contribution in [-0.2, 0) is 6.61 Å². The van der Waals surface area contributed by atoms with Crippen molar-refractivity contribution in [3.8, 4) is 34.5 Å². The van der Waals surface area contributed by atoms with Crippen molar-refractivity contribution >= 4 is 34.8 Å². The van der Waals surface area contributed by atoms with Gasteiger partial charge in [0.1, 0.15) is 34.5 Å². The Kier molecular flexibility index (Phi) is 6.72. The van der Waals surface area contributed by atoms with Crippen molar-refractivity contribution < 1.29 is 44.6 Å². The van der Waals surface area contributed by atoms with Gasteiger partial charge >= 0.3 is 0 Å². The Morgan fingerprint density at radius 3 is 1.53 bits per heavy atom. The largest absolute Gasteiger partial charge is 0.507 e. The van der Waals surface area contributed by atoms with Crippen LogP contribution in [0.15, 0.2) is 36.4 Å². The van der Waals surface area contributed by atoms with Gasteiger partial charge in [-0.2, -0.15) is 0 Å². The smallest absolute Gasteiger partial charge is 0.201 e. The monoisotopic (exact) mass is 622 g/mol. The highest BCUT2D eigenvalue weighted by Crippen LogP contribution is 2.60. The number of phenolic OH excluding ortho intramolecular Hbond substituents is 4. The highest BCUT2D eigenvalue weighted by molar-refractivity contribution is 6.35. The molecule has 2 aliphatic rings. The van der Waals surface area contributed by atoms with Crippen LogP contribution >= 0.6 is 23.2 Å². The second-order valence-corrected chi connectivity index (χ2v) is 11.3. The number of phenols is 4. The fourth-order valence-corrected chi connectivity index (χ4v) is 7.02. The third kappa shape index (κ3) is 3.96. The first-order chi connectivity index (χ1) is 20.4. The molecule has 4 aromatic carbocycles. The van der Waals surface area contributed by atoms with E-state index in [0.717, 1.165) is 12.1 Å². The van der Waals surface area contributed by atoms with Gasteiger partial charge in [-0.15, -0.1) is 0 Å². The molecule has 5 N–H and O–H groups in total. The summed E-state index contributed by atoms with van der Waals surface area (Å²) in [4.78, 5) is 28.1. The highest BCUT2D eigenvalue weighted by atomic mass is 35.5. The molecular weight excluding hydrogens is 599 g/mol. The van der Waals surface area contributed by atoms with Crippen molar-refractivity contribution in [2.45, 2.75) is 25.4 Å². The van der Waals surface area contributed by atoms with E-state index in [0.29, 0.717) is 16.7 Å². The highest BCUT2D eigenvalue weighted by Gasteiger charge is 2.48. The van der Waals surface area contributed by atoms with Crippen LogP contribution in [0.2, 0.25) is 10.0 Å². The summed E-state index contributed by atoms with van der Waals surface area (Å²) in [6.45, 7) is 1.35. The first kappa shape index (κ1) is 28.7. The fraction of sp³-hybridized carbons (Fsp3) is 0.188. The molecule has 43 heavy (non-hydrogen) atoms. The molecule has 0 unspecified atom stereocenters. The molecule has 9 nitrogen and oxygen atoms in total. The number of methoxy groups -OCH3 is 2. The average molecular weight is 623 g/mol. The molecule has 4 aromatic rings.